The zero-order chi connectivity index (χ0) is 14.0. The maximum absolute atomic E-state index is 11.8. The van der Waals surface area contributed by atoms with Crippen LogP contribution in [-0.2, 0) is 4.79 Å². The SMILES string of the molecule is CNC(=O)C1CCCN1c1nc(C)cc(C(N)=S)n1. The van der Waals surface area contributed by atoms with Crippen molar-refractivity contribution >= 4 is 29.1 Å². The minimum Gasteiger partial charge on any atom is -0.388 e. The number of aryl methyl sites for hydroxylation is 1. The van der Waals surface area contributed by atoms with Gasteiger partial charge in [0.15, 0.2) is 0 Å². The highest BCUT2D eigenvalue weighted by molar-refractivity contribution is 7.80. The standard InChI is InChI=1S/C12H17N5OS/c1-7-6-8(10(13)19)16-12(15-7)17-5-3-4-9(17)11(18)14-2/h6,9H,3-5H2,1-2H3,(H2,13,19)(H,14,18). The van der Waals surface area contributed by atoms with Gasteiger partial charge in [0.1, 0.15) is 16.7 Å². The molecule has 1 aliphatic heterocycles. The average molecular weight is 279 g/mol. The van der Waals surface area contributed by atoms with E-state index in [1.54, 1.807) is 13.1 Å². The van der Waals surface area contributed by atoms with Gasteiger partial charge in [-0.25, -0.2) is 9.97 Å². The molecule has 2 rings (SSSR count). The molecule has 0 saturated carbocycles. The van der Waals surface area contributed by atoms with Crippen molar-refractivity contribution in [2.24, 2.45) is 5.73 Å². The molecule has 1 fully saturated rings. The van der Waals surface area contributed by atoms with Crippen LogP contribution < -0.4 is 16.0 Å². The largest absolute Gasteiger partial charge is 0.388 e. The molecule has 102 valence electrons. The Kier molecular flexibility index (Phi) is 3.94. The first-order valence-corrected chi connectivity index (χ1v) is 6.57. The summed E-state index contributed by atoms with van der Waals surface area (Å²) < 4.78 is 0. The summed E-state index contributed by atoms with van der Waals surface area (Å²) in [7, 11) is 1.64. The van der Waals surface area contributed by atoms with Gasteiger partial charge >= 0.3 is 0 Å². The lowest BCUT2D eigenvalue weighted by atomic mass is 10.2. The summed E-state index contributed by atoms with van der Waals surface area (Å²) >= 11 is 4.95. The first-order chi connectivity index (χ1) is 9.02. The summed E-state index contributed by atoms with van der Waals surface area (Å²) in [6.45, 7) is 2.62. The second kappa shape index (κ2) is 5.48. The van der Waals surface area contributed by atoms with Gasteiger partial charge in [-0.3, -0.25) is 4.79 Å². The molecule has 0 bridgehead atoms. The Morgan fingerprint density at radius 1 is 1.58 bits per heavy atom. The van der Waals surface area contributed by atoms with Crippen LogP contribution in [0.5, 0.6) is 0 Å². The van der Waals surface area contributed by atoms with Crippen molar-refractivity contribution in [3.8, 4) is 0 Å². The molecular formula is C12H17N5OS. The van der Waals surface area contributed by atoms with Crippen molar-refractivity contribution in [1.82, 2.24) is 15.3 Å². The molecule has 19 heavy (non-hydrogen) atoms. The van der Waals surface area contributed by atoms with Gasteiger partial charge in [0.05, 0.1) is 0 Å². The Balaban J connectivity index is 2.35. The van der Waals surface area contributed by atoms with Crippen LogP contribution in [0.4, 0.5) is 5.95 Å². The van der Waals surface area contributed by atoms with Gasteiger partial charge < -0.3 is 16.0 Å². The molecule has 0 aromatic carbocycles. The molecule has 6 nitrogen and oxygen atoms in total. The number of thiocarbonyl (C=S) groups is 1. The fourth-order valence-corrected chi connectivity index (χ4v) is 2.36. The minimum absolute atomic E-state index is 0.0144. The van der Waals surface area contributed by atoms with Crippen molar-refractivity contribution in [2.75, 3.05) is 18.5 Å². The Labute approximate surface area is 117 Å². The van der Waals surface area contributed by atoms with Gasteiger partial charge in [0.25, 0.3) is 0 Å². The third kappa shape index (κ3) is 2.81. The summed E-state index contributed by atoms with van der Waals surface area (Å²) in [6, 6.07) is 1.53. The van der Waals surface area contributed by atoms with E-state index in [0.717, 1.165) is 25.1 Å². The first-order valence-electron chi connectivity index (χ1n) is 6.16. The van der Waals surface area contributed by atoms with Crippen LogP contribution in [0, 0.1) is 6.92 Å². The van der Waals surface area contributed by atoms with Gasteiger partial charge in [-0.15, -0.1) is 0 Å². The lowest BCUT2D eigenvalue weighted by Gasteiger charge is -2.23. The molecule has 1 atom stereocenters. The summed E-state index contributed by atoms with van der Waals surface area (Å²) in [5.41, 5.74) is 6.94. The van der Waals surface area contributed by atoms with Crippen LogP contribution in [0.2, 0.25) is 0 Å². The highest BCUT2D eigenvalue weighted by Crippen LogP contribution is 2.23. The lowest BCUT2D eigenvalue weighted by molar-refractivity contribution is -0.121. The number of nitrogens with one attached hydrogen (secondary N) is 1. The molecule has 0 spiro atoms. The number of carbonyl (C=O) groups excluding carboxylic acids is 1. The van der Waals surface area contributed by atoms with Crippen LogP contribution in [0.3, 0.4) is 0 Å². The molecule has 7 heteroatoms. The van der Waals surface area contributed by atoms with E-state index in [1.807, 2.05) is 11.8 Å². The second-order valence-electron chi connectivity index (χ2n) is 4.52. The Bertz CT molecular complexity index is 519. The number of nitrogens with two attached hydrogens (primary N) is 1. The number of nitrogens with zero attached hydrogens (tertiary/aromatic N) is 3. The Morgan fingerprint density at radius 3 is 2.95 bits per heavy atom. The number of likely N-dealkylation sites (N-methyl/N-ethyl adjacent to an activating group) is 1. The number of carbonyl (C=O) groups is 1. The van der Waals surface area contributed by atoms with E-state index >= 15 is 0 Å². The molecule has 0 aliphatic carbocycles. The van der Waals surface area contributed by atoms with E-state index in [4.69, 9.17) is 18.0 Å². The average Bonchev–Trinajstić information content (AvgIpc) is 2.86. The maximum Gasteiger partial charge on any atom is 0.242 e. The zero-order valence-corrected chi connectivity index (χ0v) is 11.8. The topological polar surface area (TPSA) is 84.1 Å². The fraction of sp³-hybridized carbons (Fsp3) is 0.500. The smallest absolute Gasteiger partial charge is 0.242 e. The van der Waals surface area contributed by atoms with E-state index in [9.17, 15) is 4.79 Å². The molecule has 1 unspecified atom stereocenters. The predicted molar refractivity (Wildman–Crippen MR) is 77.1 cm³/mol. The number of aromatic nitrogens is 2. The molecule has 1 saturated heterocycles. The zero-order valence-electron chi connectivity index (χ0n) is 11.0. The molecule has 1 aromatic heterocycles. The first kappa shape index (κ1) is 13.7. The quantitative estimate of drug-likeness (QED) is 0.765. The molecular weight excluding hydrogens is 262 g/mol. The van der Waals surface area contributed by atoms with Crippen LogP contribution >= 0.6 is 12.2 Å². The third-order valence-electron chi connectivity index (χ3n) is 3.15. The summed E-state index contributed by atoms with van der Waals surface area (Å²) in [5, 5.41) is 2.67. The molecule has 1 aliphatic rings. The van der Waals surface area contributed by atoms with Crippen molar-refractivity contribution in [1.29, 1.82) is 0 Å². The molecule has 1 amide bonds. The molecule has 2 heterocycles. The number of anilines is 1. The molecule has 0 radical (unpaired) electrons. The Hall–Kier alpha value is -1.76. The van der Waals surface area contributed by atoms with Crippen LogP contribution in [-0.4, -0.2) is 40.5 Å². The number of hydrogen-bond donors (Lipinski definition) is 2. The molecule has 3 N–H and O–H groups in total. The van der Waals surface area contributed by atoms with Crippen LogP contribution in [0.15, 0.2) is 6.07 Å². The highest BCUT2D eigenvalue weighted by atomic mass is 32.1. The normalized spacial score (nSPS) is 18.4. The predicted octanol–water partition coefficient (Wildman–Crippen LogP) is 0.134. The Morgan fingerprint density at radius 2 is 2.32 bits per heavy atom. The highest BCUT2D eigenvalue weighted by Gasteiger charge is 2.32. The van der Waals surface area contributed by atoms with Crippen molar-refractivity contribution < 1.29 is 4.79 Å². The van der Waals surface area contributed by atoms with Gasteiger partial charge in [0, 0.05) is 19.3 Å². The monoisotopic (exact) mass is 279 g/mol. The van der Waals surface area contributed by atoms with E-state index in [1.165, 1.54) is 0 Å². The molecule has 1 aromatic rings. The number of hydrogen-bond acceptors (Lipinski definition) is 5. The van der Waals surface area contributed by atoms with Crippen molar-refractivity contribution in [3.05, 3.63) is 17.5 Å². The summed E-state index contributed by atoms with van der Waals surface area (Å²) in [5.74, 6) is 0.508. The van der Waals surface area contributed by atoms with E-state index in [-0.39, 0.29) is 16.9 Å². The fourth-order valence-electron chi connectivity index (χ4n) is 2.25. The van der Waals surface area contributed by atoms with Gasteiger partial charge in [-0.2, -0.15) is 0 Å². The van der Waals surface area contributed by atoms with Crippen LogP contribution in [0.25, 0.3) is 0 Å². The van der Waals surface area contributed by atoms with E-state index in [2.05, 4.69) is 15.3 Å². The van der Waals surface area contributed by atoms with Crippen LogP contribution in [0.1, 0.15) is 24.2 Å². The van der Waals surface area contributed by atoms with Gasteiger partial charge in [-0.1, -0.05) is 12.2 Å². The lowest BCUT2D eigenvalue weighted by Crippen LogP contribution is -2.43. The van der Waals surface area contributed by atoms with Crippen molar-refractivity contribution in [2.45, 2.75) is 25.8 Å². The summed E-state index contributed by atoms with van der Waals surface area (Å²) in [6.07, 6.45) is 1.75. The minimum atomic E-state index is -0.217. The third-order valence-corrected chi connectivity index (χ3v) is 3.36. The van der Waals surface area contributed by atoms with Crippen molar-refractivity contribution in [3.63, 3.8) is 0 Å². The second-order valence-corrected chi connectivity index (χ2v) is 4.96. The van der Waals surface area contributed by atoms with E-state index in [0.29, 0.717) is 11.6 Å². The van der Waals surface area contributed by atoms with Gasteiger partial charge in [-0.05, 0) is 25.8 Å². The number of rotatable bonds is 3. The maximum atomic E-state index is 11.8. The van der Waals surface area contributed by atoms with E-state index < -0.39 is 0 Å². The number of amides is 1. The summed E-state index contributed by atoms with van der Waals surface area (Å²) in [4.78, 5) is 22.7. The van der Waals surface area contributed by atoms with Gasteiger partial charge in [0.2, 0.25) is 11.9 Å².